The minimum Gasteiger partial charge on any atom is -0.443 e. The van der Waals surface area contributed by atoms with E-state index in [1.54, 1.807) is 6.07 Å². The van der Waals surface area contributed by atoms with E-state index in [2.05, 4.69) is 4.98 Å². The SMILES string of the molecule is [O]c1ccc2ocnc2c1. The van der Waals surface area contributed by atoms with Crippen molar-refractivity contribution in [2.75, 3.05) is 0 Å². The Bertz CT molecular complexity index is 353. The van der Waals surface area contributed by atoms with Crippen molar-refractivity contribution in [3.8, 4) is 5.75 Å². The van der Waals surface area contributed by atoms with Crippen LogP contribution in [0.15, 0.2) is 29.0 Å². The van der Waals surface area contributed by atoms with Gasteiger partial charge in [-0.3, -0.25) is 5.11 Å². The van der Waals surface area contributed by atoms with Gasteiger partial charge >= 0.3 is 0 Å². The Balaban J connectivity index is 2.86. The number of aromatic nitrogens is 1. The van der Waals surface area contributed by atoms with Crippen molar-refractivity contribution in [1.82, 2.24) is 4.98 Å². The molecule has 0 saturated heterocycles. The van der Waals surface area contributed by atoms with Crippen LogP contribution in [0.25, 0.3) is 11.1 Å². The van der Waals surface area contributed by atoms with E-state index >= 15 is 0 Å². The van der Waals surface area contributed by atoms with Crippen molar-refractivity contribution in [3.63, 3.8) is 0 Å². The molecule has 2 rings (SSSR count). The largest absolute Gasteiger partial charge is 0.443 e. The summed E-state index contributed by atoms with van der Waals surface area (Å²) in [6.07, 6.45) is 1.32. The Morgan fingerprint density at radius 3 is 3.20 bits per heavy atom. The first-order chi connectivity index (χ1) is 4.86. The minimum absolute atomic E-state index is 0.0404. The Hall–Kier alpha value is -1.51. The van der Waals surface area contributed by atoms with Gasteiger partial charge in [-0.05, 0) is 12.1 Å². The molecule has 2 aromatic rings. The molecule has 0 aliphatic carbocycles. The van der Waals surface area contributed by atoms with Crippen LogP contribution in [0.4, 0.5) is 0 Å². The molecule has 0 unspecified atom stereocenters. The highest BCUT2D eigenvalue weighted by Gasteiger charge is 1.98. The average Bonchev–Trinajstić information content (AvgIpc) is 2.33. The molecule has 0 amide bonds. The summed E-state index contributed by atoms with van der Waals surface area (Å²) in [6.45, 7) is 0. The van der Waals surface area contributed by atoms with Crippen LogP contribution in [0.5, 0.6) is 5.75 Å². The predicted molar refractivity (Wildman–Crippen MR) is 34.1 cm³/mol. The smallest absolute Gasteiger partial charge is 0.181 e. The second kappa shape index (κ2) is 1.73. The van der Waals surface area contributed by atoms with Gasteiger partial charge in [0.2, 0.25) is 0 Å². The number of hydrogen-bond donors (Lipinski definition) is 0. The zero-order valence-corrected chi connectivity index (χ0v) is 5.07. The van der Waals surface area contributed by atoms with Crippen molar-refractivity contribution >= 4 is 11.1 Å². The Labute approximate surface area is 56.9 Å². The zero-order chi connectivity index (χ0) is 6.97. The van der Waals surface area contributed by atoms with Crippen LogP contribution in [0.3, 0.4) is 0 Å². The molecule has 10 heavy (non-hydrogen) atoms. The van der Waals surface area contributed by atoms with Gasteiger partial charge in [-0.2, -0.15) is 0 Å². The van der Waals surface area contributed by atoms with Crippen LogP contribution >= 0.6 is 0 Å². The monoisotopic (exact) mass is 134 g/mol. The van der Waals surface area contributed by atoms with Gasteiger partial charge in [-0.25, -0.2) is 4.98 Å². The maximum absolute atomic E-state index is 10.7. The fourth-order valence-electron chi connectivity index (χ4n) is 0.838. The van der Waals surface area contributed by atoms with E-state index in [0.717, 1.165) is 0 Å². The molecule has 0 N–H and O–H groups in total. The Kier molecular flexibility index (Phi) is 0.917. The zero-order valence-electron chi connectivity index (χ0n) is 5.07. The van der Waals surface area contributed by atoms with E-state index in [-0.39, 0.29) is 5.75 Å². The minimum atomic E-state index is -0.0404. The van der Waals surface area contributed by atoms with E-state index in [9.17, 15) is 5.11 Å². The standard InChI is InChI=1S/C7H4NO2/c9-5-1-2-7-6(3-5)8-4-10-7/h1-4H. The first kappa shape index (κ1) is 5.29. The van der Waals surface area contributed by atoms with Crippen LogP contribution in [0.2, 0.25) is 0 Å². The first-order valence-corrected chi connectivity index (χ1v) is 2.86. The molecule has 0 aliphatic heterocycles. The molecule has 0 fully saturated rings. The van der Waals surface area contributed by atoms with Crippen LogP contribution in [0.1, 0.15) is 0 Å². The van der Waals surface area contributed by atoms with Crippen LogP contribution in [0, 0.1) is 0 Å². The summed E-state index contributed by atoms with van der Waals surface area (Å²) < 4.78 is 4.92. The van der Waals surface area contributed by atoms with Crippen molar-refractivity contribution in [3.05, 3.63) is 24.6 Å². The number of benzene rings is 1. The molecule has 1 aromatic carbocycles. The van der Waals surface area contributed by atoms with E-state index in [0.29, 0.717) is 11.1 Å². The molecule has 0 spiro atoms. The van der Waals surface area contributed by atoms with Gasteiger partial charge < -0.3 is 4.42 Å². The molecule has 1 heterocycles. The molecular formula is C7H4NO2. The maximum Gasteiger partial charge on any atom is 0.181 e. The third kappa shape index (κ3) is 0.639. The molecule has 0 aliphatic rings. The topological polar surface area (TPSA) is 45.9 Å². The number of hydrogen-bond acceptors (Lipinski definition) is 2. The lowest BCUT2D eigenvalue weighted by molar-refractivity contribution is 0.355. The van der Waals surface area contributed by atoms with Gasteiger partial charge in [0, 0.05) is 6.07 Å². The van der Waals surface area contributed by atoms with Crippen LogP contribution in [-0.4, -0.2) is 4.98 Å². The Morgan fingerprint density at radius 2 is 2.30 bits per heavy atom. The molecule has 3 nitrogen and oxygen atoms in total. The summed E-state index contributed by atoms with van der Waals surface area (Å²) in [5.74, 6) is -0.0404. The molecule has 1 aromatic heterocycles. The summed E-state index contributed by atoms with van der Waals surface area (Å²) in [4.78, 5) is 3.81. The lowest BCUT2D eigenvalue weighted by Crippen LogP contribution is -1.64. The molecule has 0 atom stereocenters. The molecule has 3 heteroatoms. The van der Waals surface area contributed by atoms with Crippen molar-refractivity contribution in [2.24, 2.45) is 0 Å². The number of nitrogens with zero attached hydrogens (tertiary/aromatic N) is 1. The summed E-state index contributed by atoms with van der Waals surface area (Å²) in [5.41, 5.74) is 1.27. The average molecular weight is 134 g/mol. The number of fused-ring (bicyclic) bond motifs is 1. The maximum atomic E-state index is 10.7. The molecule has 49 valence electrons. The second-order valence-corrected chi connectivity index (χ2v) is 1.98. The van der Waals surface area contributed by atoms with Gasteiger partial charge in [-0.1, -0.05) is 0 Å². The second-order valence-electron chi connectivity index (χ2n) is 1.98. The van der Waals surface area contributed by atoms with Crippen molar-refractivity contribution < 1.29 is 9.52 Å². The molecule has 0 bridgehead atoms. The van der Waals surface area contributed by atoms with Gasteiger partial charge in [-0.15, -0.1) is 0 Å². The van der Waals surface area contributed by atoms with E-state index < -0.39 is 0 Å². The van der Waals surface area contributed by atoms with Crippen LogP contribution < -0.4 is 0 Å². The number of oxazole rings is 1. The summed E-state index contributed by atoms with van der Waals surface area (Å²) in [5, 5.41) is 10.7. The third-order valence-corrected chi connectivity index (χ3v) is 1.30. The fourth-order valence-corrected chi connectivity index (χ4v) is 0.838. The van der Waals surface area contributed by atoms with Crippen molar-refractivity contribution in [2.45, 2.75) is 0 Å². The highest BCUT2D eigenvalue weighted by atomic mass is 16.3. The quantitative estimate of drug-likeness (QED) is 0.552. The van der Waals surface area contributed by atoms with Gasteiger partial charge in [0.25, 0.3) is 0 Å². The molecular weight excluding hydrogens is 130 g/mol. The van der Waals surface area contributed by atoms with E-state index in [1.807, 2.05) is 0 Å². The summed E-state index contributed by atoms with van der Waals surface area (Å²) in [6, 6.07) is 4.51. The third-order valence-electron chi connectivity index (χ3n) is 1.30. The van der Waals surface area contributed by atoms with Crippen LogP contribution in [-0.2, 0) is 5.11 Å². The Morgan fingerprint density at radius 1 is 1.40 bits per heavy atom. The molecule has 1 radical (unpaired) electrons. The van der Waals surface area contributed by atoms with Gasteiger partial charge in [0.1, 0.15) is 5.52 Å². The lowest BCUT2D eigenvalue weighted by Gasteiger charge is -1.83. The van der Waals surface area contributed by atoms with Crippen molar-refractivity contribution in [1.29, 1.82) is 0 Å². The van der Waals surface area contributed by atoms with Gasteiger partial charge in [0.15, 0.2) is 17.7 Å². The summed E-state index contributed by atoms with van der Waals surface area (Å²) >= 11 is 0. The fraction of sp³-hybridized carbons (Fsp3) is 0. The lowest BCUT2D eigenvalue weighted by atomic mass is 10.3. The number of rotatable bonds is 0. The van der Waals surface area contributed by atoms with E-state index in [4.69, 9.17) is 4.42 Å². The molecule has 0 saturated carbocycles. The first-order valence-electron chi connectivity index (χ1n) is 2.86. The van der Waals surface area contributed by atoms with E-state index in [1.165, 1.54) is 18.5 Å². The highest BCUT2D eigenvalue weighted by molar-refractivity contribution is 5.73. The predicted octanol–water partition coefficient (Wildman–Crippen LogP) is 1.97. The normalized spacial score (nSPS) is 10.4. The van der Waals surface area contributed by atoms with Gasteiger partial charge in [0.05, 0.1) is 0 Å². The highest BCUT2D eigenvalue weighted by Crippen LogP contribution is 2.17. The summed E-state index contributed by atoms with van der Waals surface area (Å²) in [7, 11) is 0.